The van der Waals surface area contributed by atoms with Gasteiger partial charge in [0.15, 0.2) is 0 Å². The maximum absolute atomic E-state index is 11.0. The molecule has 3 atom stereocenters. The van der Waals surface area contributed by atoms with Crippen LogP contribution in [-0.2, 0) is 4.94 Å². The Morgan fingerprint density at radius 2 is 1.94 bits per heavy atom. The van der Waals surface area contributed by atoms with Gasteiger partial charge in [0.1, 0.15) is 0 Å². The lowest BCUT2D eigenvalue weighted by Crippen LogP contribution is -2.11. The molecule has 2 aliphatic rings. The second kappa shape index (κ2) is 7.62. The molecule has 1 heterocycles. The number of allylic oxidation sites excluding steroid dienone is 1. The molecule has 0 bridgehead atoms. The van der Waals surface area contributed by atoms with Gasteiger partial charge >= 0.3 is 0 Å². The average Bonchev–Trinajstić information content (AvgIpc) is 2.90. The third kappa shape index (κ3) is 4.60. The SMILES string of the molecule is C=CC1CC2CNCC2C1.C=CCC(C)OF. The van der Waals surface area contributed by atoms with Crippen molar-refractivity contribution in [3.8, 4) is 0 Å². The molecule has 0 aromatic carbocycles. The van der Waals surface area contributed by atoms with Gasteiger partial charge in [0, 0.05) is 0 Å². The van der Waals surface area contributed by atoms with E-state index in [0.717, 1.165) is 17.8 Å². The Morgan fingerprint density at radius 1 is 1.35 bits per heavy atom. The van der Waals surface area contributed by atoms with Gasteiger partial charge < -0.3 is 5.32 Å². The molecular formula is C14H24FNO. The summed E-state index contributed by atoms with van der Waals surface area (Å²) < 4.78 is 11.0. The quantitative estimate of drug-likeness (QED) is 0.763. The summed E-state index contributed by atoms with van der Waals surface area (Å²) in [5, 5.41) is 3.43. The standard InChI is InChI=1S/C9H15N.C5H9FO/c1-2-7-3-8-5-10-6-9(8)4-7;1-3-4-5(2)7-6/h2,7-10H,1,3-6H2;3,5H,1,4H2,2H3. The monoisotopic (exact) mass is 241 g/mol. The molecule has 1 aliphatic carbocycles. The molecule has 3 heteroatoms. The number of nitrogens with one attached hydrogen (secondary N) is 1. The van der Waals surface area contributed by atoms with E-state index in [1.165, 1.54) is 25.9 Å². The minimum absolute atomic E-state index is 0.336. The first-order valence-corrected chi connectivity index (χ1v) is 6.42. The van der Waals surface area contributed by atoms with Crippen LogP contribution in [0.2, 0.25) is 0 Å². The van der Waals surface area contributed by atoms with Crippen molar-refractivity contribution in [3.05, 3.63) is 25.3 Å². The summed E-state index contributed by atoms with van der Waals surface area (Å²) in [6, 6.07) is 0. The molecule has 2 nitrogen and oxygen atoms in total. The molecule has 17 heavy (non-hydrogen) atoms. The Kier molecular flexibility index (Phi) is 6.45. The number of halogens is 1. The first-order valence-electron chi connectivity index (χ1n) is 6.42. The van der Waals surface area contributed by atoms with Crippen LogP contribution in [0, 0.1) is 17.8 Å². The lowest BCUT2D eigenvalue weighted by atomic mass is 10.0. The molecule has 98 valence electrons. The van der Waals surface area contributed by atoms with Crippen LogP contribution in [0.1, 0.15) is 26.2 Å². The van der Waals surface area contributed by atoms with Gasteiger partial charge in [0.25, 0.3) is 0 Å². The molecule has 2 fully saturated rings. The summed E-state index contributed by atoms with van der Waals surface area (Å²) in [6.45, 7) is 11.4. The van der Waals surface area contributed by atoms with Gasteiger partial charge in [0.2, 0.25) is 0 Å². The van der Waals surface area contributed by atoms with Gasteiger partial charge in [-0.2, -0.15) is 4.94 Å². The predicted molar refractivity (Wildman–Crippen MR) is 69.2 cm³/mol. The second-order valence-electron chi connectivity index (χ2n) is 5.07. The summed E-state index contributed by atoms with van der Waals surface area (Å²) >= 11 is 0. The Hall–Kier alpha value is -0.670. The van der Waals surface area contributed by atoms with E-state index in [2.05, 4.69) is 29.5 Å². The summed E-state index contributed by atoms with van der Waals surface area (Å²) in [4.78, 5) is 3.42. The molecule has 0 aromatic heterocycles. The smallest absolute Gasteiger partial charge is 0.0989 e. The zero-order valence-corrected chi connectivity index (χ0v) is 10.7. The topological polar surface area (TPSA) is 21.3 Å². The van der Waals surface area contributed by atoms with Gasteiger partial charge in [-0.25, -0.2) is 0 Å². The lowest BCUT2D eigenvalue weighted by Gasteiger charge is -2.02. The highest BCUT2D eigenvalue weighted by molar-refractivity contribution is 4.96. The first kappa shape index (κ1) is 14.4. The van der Waals surface area contributed by atoms with E-state index < -0.39 is 0 Å². The highest BCUT2D eigenvalue weighted by Gasteiger charge is 2.35. The predicted octanol–water partition coefficient (Wildman–Crippen LogP) is 3.27. The lowest BCUT2D eigenvalue weighted by molar-refractivity contribution is -0.170. The third-order valence-corrected chi connectivity index (χ3v) is 3.67. The van der Waals surface area contributed by atoms with E-state index in [0.29, 0.717) is 6.42 Å². The van der Waals surface area contributed by atoms with Crippen LogP contribution in [0.5, 0.6) is 0 Å². The molecule has 0 spiro atoms. The van der Waals surface area contributed by atoms with Crippen molar-refractivity contribution in [2.75, 3.05) is 13.1 Å². The van der Waals surface area contributed by atoms with Crippen LogP contribution in [-0.4, -0.2) is 19.2 Å². The van der Waals surface area contributed by atoms with E-state index >= 15 is 0 Å². The van der Waals surface area contributed by atoms with Crippen LogP contribution in [0.3, 0.4) is 0 Å². The van der Waals surface area contributed by atoms with Crippen LogP contribution < -0.4 is 5.32 Å². The van der Waals surface area contributed by atoms with Crippen molar-refractivity contribution in [2.24, 2.45) is 17.8 Å². The highest BCUT2D eigenvalue weighted by atomic mass is 19.3. The van der Waals surface area contributed by atoms with Gasteiger partial charge in [-0.3, -0.25) is 0 Å². The first-order chi connectivity index (χ1) is 8.21. The fourth-order valence-corrected chi connectivity index (χ4v) is 2.68. The van der Waals surface area contributed by atoms with E-state index in [1.54, 1.807) is 13.0 Å². The number of fused-ring (bicyclic) bond motifs is 1. The minimum atomic E-state index is -0.336. The molecule has 1 N–H and O–H groups in total. The van der Waals surface area contributed by atoms with Crippen molar-refractivity contribution < 1.29 is 9.47 Å². The fraction of sp³-hybridized carbons (Fsp3) is 0.714. The fourth-order valence-electron chi connectivity index (χ4n) is 2.68. The molecular weight excluding hydrogens is 217 g/mol. The van der Waals surface area contributed by atoms with E-state index in [9.17, 15) is 4.53 Å². The van der Waals surface area contributed by atoms with Crippen LogP contribution in [0.15, 0.2) is 25.3 Å². The van der Waals surface area contributed by atoms with Crippen molar-refractivity contribution >= 4 is 0 Å². The molecule has 0 radical (unpaired) electrons. The Morgan fingerprint density at radius 3 is 2.29 bits per heavy atom. The van der Waals surface area contributed by atoms with Crippen molar-refractivity contribution in [1.82, 2.24) is 5.32 Å². The van der Waals surface area contributed by atoms with Crippen LogP contribution >= 0.6 is 0 Å². The largest absolute Gasteiger partial charge is 0.316 e. The van der Waals surface area contributed by atoms with E-state index in [4.69, 9.17) is 0 Å². The van der Waals surface area contributed by atoms with Gasteiger partial charge in [-0.1, -0.05) is 12.2 Å². The normalized spacial score (nSPS) is 32.2. The average molecular weight is 241 g/mol. The van der Waals surface area contributed by atoms with Crippen molar-refractivity contribution in [3.63, 3.8) is 0 Å². The van der Waals surface area contributed by atoms with Crippen molar-refractivity contribution in [1.29, 1.82) is 0 Å². The summed E-state index contributed by atoms with van der Waals surface area (Å²) in [7, 11) is 0. The molecule has 2 rings (SSSR count). The molecule has 0 aromatic rings. The van der Waals surface area contributed by atoms with E-state index in [1.807, 2.05) is 0 Å². The number of rotatable bonds is 4. The highest BCUT2D eigenvalue weighted by Crippen LogP contribution is 2.38. The molecule has 1 aliphatic heterocycles. The molecule has 3 unspecified atom stereocenters. The maximum atomic E-state index is 11.0. The van der Waals surface area contributed by atoms with Crippen molar-refractivity contribution in [2.45, 2.75) is 32.3 Å². The Labute approximate surface area is 104 Å². The minimum Gasteiger partial charge on any atom is -0.316 e. The third-order valence-electron chi connectivity index (χ3n) is 3.67. The van der Waals surface area contributed by atoms with Gasteiger partial charge in [0.05, 0.1) is 6.10 Å². The molecule has 1 saturated heterocycles. The van der Waals surface area contributed by atoms with Crippen LogP contribution in [0.25, 0.3) is 0 Å². The Balaban J connectivity index is 0.000000185. The Bertz CT molecular complexity index is 232. The van der Waals surface area contributed by atoms with Gasteiger partial charge in [-0.05, 0) is 61.6 Å². The summed E-state index contributed by atoms with van der Waals surface area (Å²) in [5.74, 6) is 2.78. The summed E-state index contributed by atoms with van der Waals surface area (Å²) in [5.41, 5.74) is 0. The molecule has 1 saturated carbocycles. The molecule has 0 amide bonds. The number of hydrogen-bond acceptors (Lipinski definition) is 2. The number of hydrogen-bond donors (Lipinski definition) is 1. The van der Waals surface area contributed by atoms with Gasteiger partial charge in [-0.15, -0.1) is 13.2 Å². The zero-order valence-electron chi connectivity index (χ0n) is 10.7. The zero-order chi connectivity index (χ0) is 12.7. The maximum Gasteiger partial charge on any atom is 0.0989 e. The van der Waals surface area contributed by atoms with Crippen LogP contribution in [0.4, 0.5) is 4.53 Å². The second-order valence-corrected chi connectivity index (χ2v) is 5.07. The van der Waals surface area contributed by atoms with E-state index in [-0.39, 0.29) is 6.10 Å². The summed E-state index contributed by atoms with van der Waals surface area (Å²) in [6.07, 6.45) is 6.76.